The van der Waals surface area contributed by atoms with Gasteiger partial charge in [-0.05, 0) is 77.3 Å². The van der Waals surface area contributed by atoms with Crippen molar-refractivity contribution in [1.29, 1.82) is 0 Å². The van der Waals surface area contributed by atoms with Crippen molar-refractivity contribution in [2.45, 2.75) is 32.2 Å². The Kier molecular flexibility index (Phi) is 6.40. The molecule has 3 aromatic carbocycles. The van der Waals surface area contributed by atoms with Crippen LogP contribution < -0.4 is 19.5 Å². The lowest BCUT2D eigenvalue weighted by atomic mass is 9.90. The summed E-state index contributed by atoms with van der Waals surface area (Å²) in [6.07, 6.45) is 0.824. The van der Waals surface area contributed by atoms with Crippen molar-refractivity contribution in [3.05, 3.63) is 82.7 Å². The molecule has 10 nitrogen and oxygen atoms in total. The normalized spacial score (nSPS) is 16.3. The van der Waals surface area contributed by atoms with E-state index in [0.717, 1.165) is 29.8 Å². The summed E-state index contributed by atoms with van der Waals surface area (Å²) < 4.78 is 18.9. The summed E-state index contributed by atoms with van der Waals surface area (Å²) in [7, 11) is 3.66. The third-order valence-electron chi connectivity index (χ3n) is 7.32. The van der Waals surface area contributed by atoms with Gasteiger partial charge in [-0.3, -0.25) is 9.69 Å². The van der Waals surface area contributed by atoms with Gasteiger partial charge in [0.1, 0.15) is 6.04 Å². The lowest BCUT2D eigenvalue weighted by molar-refractivity contribution is 0.102. The van der Waals surface area contributed by atoms with Gasteiger partial charge in [-0.2, -0.15) is 4.68 Å². The third-order valence-corrected chi connectivity index (χ3v) is 7.32. The summed E-state index contributed by atoms with van der Waals surface area (Å²) in [5, 5.41) is 15.7. The first-order valence-corrected chi connectivity index (χ1v) is 12.9. The molecule has 2 aliphatic heterocycles. The first-order valence-electron chi connectivity index (χ1n) is 12.9. The molecule has 2 aliphatic rings. The van der Waals surface area contributed by atoms with Crippen LogP contribution in [0.3, 0.4) is 0 Å². The lowest BCUT2D eigenvalue weighted by Crippen LogP contribution is -2.35. The number of tetrazole rings is 1. The van der Waals surface area contributed by atoms with E-state index in [2.05, 4.69) is 39.6 Å². The van der Waals surface area contributed by atoms with Gasteiger partial charge in [0, 0.05) is 23.4 Å². The first-order chi connectivity index (χ1) is 18.9. The van der Waals surface area contributed by atoms with Gasteiger partial charge in [-0.1, -0.05) is 32.0 Å². The molecule has 1 amide bonds. The molecular weight excluding hydrogens is 496 g/mol. The molecule has 4 aromatic rings. The molecule has 1 atom stereocenters. The number of hydrogen-bond donors (Lipinski definition) is 1. The van der Waals surface area contributed by atoms with Crippen LogP contribution in [0.1, 0.15) is 58.7 Å². The van der Waals surface area contributed by atoms with E-state index in [-0.39, 0.29) is 18.7 Å². The van der Waals surface area contributed by atoms with Crippen LogP contribution in [0.4, 0.5) is 5.69 Å². The number of benzene rings is 3. The van der Waals surface area contributed by atoms with Crippen molar-refractivity contribution in [3.8, 4) is 22.9 Å². The van der Waals surface area contributed by atoms with Crippen molar-refractivity contribution < 1.29 is 19.0 Å². The minimum absolute atomic E-state index is 0.156. The van der Waals surface area contributed by atoms with Crippen LogP contribution in [-0.2, 0) is 6.42 Å². The van der Waals surface area contributed by atoms with Gasteiger partial charge < -0.3 is 19.5 Å². The van der Waals surface area contributed by atoms with Crippen molar-refractivity contribution in [1.82, 2.24) is 25.1 Å². The van der Waals surface area contributed by atoms with Gasteiger partial charge in [0.2, 0.25) is 12.5 Å². The van der Waals surface area contributed by atoms with Crippen LogP contribution >= 0.6 is 0 Å². The maximum Gasteiger partial charge on any atom is 0.255 e. The number of methoxy groups -OCH3 is 1. The quantitative estimate of drug-likeness (QED) is 0.396. The summed E-state index contributed by atoms with van der Waals surface area (Å²) >= 11 is 0. The minimum atomic E-state index is -0.301. The van der Waals surface area contributed by atoms with Crippen molar-refractivity contribution in [3.63, 3.8) is 0 Å². The highest BCUT2D eigenvalue weighted by Crippen LogP contribution is 2.50. The van der Waals surface area contributed by atoms with Gasteiger partial charge in [0.15, 0.2) is 17.3 Å². The molecule has 0 saturated heterocycles. The van der Waals surface area contributed by atoms with Gasteiger partial charge in [0.25, 0.3) is 5.91 Å². The molecule has 10 heteroatoms. The molecular formula is C29H30N6O4. The van der Waals surface area contributed by atoms with E-state index in [4.69, 9.17) is 14.2 Å². The Bertz CT molecular complexity index is 1530. The largest absolute Gasteiger partial charge is 0.492 e. The van der Waals surface area contributed by atoms with E-state index in [1.807, 2.05) is 49.5 Å². The molecule has 0 unspecified atom stereocenters. The van der Waals surface area contributed by atoms with E-state index in [9.17, 15) is 4.79 Å². The fraction of sp³-hybridized carbons (Fsp3) is 0.310. The number of ether oxygens (including phenoxy) is 3. The van der Waals surface area contributed by atoms with E-state index in [1.165, 1.54) is 5.56 Å². The fourth-order valence-corrected chi connectivity index (χ4v) is 5.24. The smallest absolute Gasteiger partial charge is 0.255 e. The van der Waals surface area contributed by atoms with Gasteiger partial charge >= 0.3 is 0 Å². The summed E-state index contributed by atoms with van der Waals surface area (Å²) in [6, 6.07) is 16.9. The fourth-order valence-electron chi connectivity index (χ4n) is 5.24. The van der Waals surface area contributed by atoms with E-state index in [1.54, 1.807) is 23.9 Å². The zero-order chi connectivity index (χ0) is 27.1. The number of nitrogens with one attached hydrogen (secondary N) is 1. The van der Waals surface area contributed by atoms with E-state index < -0.39 is 0 Å². The Labute approximate surface area is 226 Å². The van der Waals surface area contributed by atoms with E-state index in [0.29, 0.717) is 40.2 Å². The number of hydrogen-bond acceptors (Lipinski definition) is 8. The second-order valence-corrected chi connectivity index (χ2v) is 10.1. The number of fused-ring (bicyclic) bond motifs is 2. The Morgan fingerprint density at radius 2 is 1.95 bits per heavy atom. The Morgan fingerprint density at radius 3 is 2.72 bits per heavy atom. The molecule has 0 aliphatic carbocycles. The average Bonchev–Trinajstić information content (AvgIpc) is 3.62. The molecule has 6 rings (SSSR count). The van der Waals surface area contributed by atoms with Crippen LogP contribution in [0.15, 0.2) is 54.6 Å². The number of carbonyl (C=O) groups is 1. The highest BCUT2D eigenvalue weighted by atomic mass is 16.7. The molecule has 3 heterocycles. The van der Waals surface area contributed by atoms with Crippen molar-refractivity contribution >= 4 is 11.6 Å². The number of likely N-dealkylation sites (N-methyl/N-ethyl adjacent to an activating group) is 1. The topological polar surface area (TPSA) is 104 Å². The van der Waals surface area contributed by atoms with Gasteiger partial charge in [0.05, 0.1) is 12.8 Å². The zero-order valence-electron chi connectivity index (χ0n) is 22.3. The standard InChI is InChI=1S/C29H30N6O4/c1-17(2)18-8-10-21(11-9-18)30-29(36)20-6-5-7-22(14-20)35-28(31-32-33-35)25-24-19(12-13-34(25)3)15-23-26(27(24)37-4)39-16-38-23/h5-11,14-15,17,25H,12-13,16H2,1-4H3,(H,30,36)/t25-/m0/s1. The predicted octanol–water partition coefficient (Wildman–Crippen LogP) is 4.35. The molecule has 0 bridgehead atoms. The molecule has 39 heavy (non-hydrogen) atoms. The molecule has 1 N–H and O–H groups in total. The second kappa shape index (κ2) is 10.0. The predicted molar refractivity (Wildman–Crippen MR) is 145 cm³/mol. The molecule has 0 saturated carbocycles. The zero-order valence-corrected chi connectivity index (χ0v) is 22.3. The van der Waals surface area contributed by atoms with Crippen LogP contribution in [0.25, 0.3) is 5.69 Å². The summed E-state index contributed by atoms with van der Waals surface area (Å²) in [4.78, 5) is 15.3. The molecule has 1 aromatic heterocycles. The highest BCUT2D eigenvalue weighted by molar-refractivity contribution is 6.04. The van der Waals surface area contributed by atoms with Crippen LogP contribution in [-0.4, -0.2) is 58.5 Å². The third kappa shape index (κ3) is 4.46. The summed E-state index contributed by atoms with van der Waals surface area (Å²) in [5.74, 6) is 2.73. The maximum absolute atomic E-state index is 13.1. The molecule has 0 spiro atoms. The SMILES string of the molecule is COc1c2c(cc3c1[C@@H](c1nnnn1-c1cccc(C(=O)Nc4ccc(C(C)C)cc4)c1)N(C)CC3)OCO2. The van der Waals surface area contributed by atoms with Crippen LogP contribution in [0.2, 0.25) is 0 Å². The van der Waals surface area contributed by atoms with Gasteiger partial charge in [-0.15, -0.1) is 5.10 Å². The maximum atomic E-state index is 13.1. The highest BCUT2D eigenvalue weighted by Gasteiger charge is 2.37. The van der Waals surface area contributed by atoms with Crippen LogP contribution in [0.5, 0.6) is 17.2 Å². The Morgan fingerprint density at radius 1 is 1.13 bits per heavy atom. The molecule has 200 valence electrons. The molecule has 0 radical (unpaired) electrons. The molecule has 0 fully saturated rings. The monoisotopic (exact) mass is 526 g/mol. The van der Waals surface area contributed by atoms with Crippen molar-refractivity contribution in [2.24, 2.45) is 0 Å². The van der Waals surface area contributed by atoms with Gasteiger partial charge in [-0.25, -0.2) is 0 Å². The number of carbonyl (C=O) groups excluding carboxylic acids is 1. The second-order valence-electron chi connectivity index (χ2n) is 10.1. The number of aromatic nitrogens is 4. The number of nitrogens with zero attached hydrogens (tertiary/aromatic N) is 5. The minimum Gasteiger partial charge on any atom is -0.492 e. The lowest BCUT2D eigenvalue weighted by Gasteiger charge is -2.34. The number of rotatable bonds is 6. The van der Waals surface area contributed by atoms with Crippen molar-refractivity contribution in [2.75, 3.05) is 32.8 Å². The summed E-state index contributed by atoms with van der Waals surface area (Å²) in [6.45, 7) is 5.23. The first kappa shape index (κ1) is 24.9. The summed E-state index contributed by atoms with van der Waals surface area (Å²) in [5.41, 5.74) is 5.19. The van der Waals surface area contributed by atoms with E-state index >= 15 is 0 Å². The Balaban J connectivity index is 1.34. The average molecular weight is 527 g/mol. The number of amides is 1. The number of anilines is 1. The van der Waals surface area contributed by atoms with Crippen LogP contribution in [0, 0.1) is 0 Å². The Hall–Kier alpha value is -4.44.